The van der Waals surface area contributed by atoms with Crippen molar-refractivity contribution in [3.63, 3.8) is 0 Å². The number of rotatable bonds is 3. The highest BCUT2D eigenvalue weighted by Crippen LogP contribution is 2.22. The zero-order valence-corrected chi connectivity index (χ0v) is 11.5. The van der Waals surface area contributed by atoms with Gasteiger partial charge in [0.25, 0.3) is 5.69 Å². The fraction of sp³-hybridized carbons (Fsp3) is 0.222. The number of ketones is 1. The number of alkyl halides is 1. The Bertz CT molecular complexity index is 420. The highest BCUT2D eigenvalue weighted by molar-refractivity contribution is 14.1. The highest BCUT2D eigenvalue weighted by atomic mass is 127. The fourth-order valence-corrected chi connectivity index (χ4v) is 1.88. The monoisotopic (exact) mass is 383 g/mol. The molecule has 80 valence electrons. The fourth-order valence-electron chi connectivity index (χ4n) is 1.03. The first-order chi connectivity index (χ1) is 6.93. The number of nitro benzene ring substituents is 1. The molecule has 0 aromatic heterocycles. The summed E-state index contributed by atoms with van der Waals surface area (Å²) < 4.78 is 0.717. The number of Topliss-reactive ketones (excluding diaryl/α,β-unsaturated/α-hetero) is 1. The lowest BCUT2D eigenvalue weighted by Gasteiger charge is -2.04. The predicted molar refractivity (Wildman–Crippen MR) is 68.5 cm³/mol. The van der Waals surface area contributed by atoms with Crippen molar-refractivity contribution < 1.29 is 9.72 Å². The molecule has 0 saturated carbocycles. The molecule has 0 spiro atoms. The van der Waals surface area contributed by atoms with Crippen LogP contribution in [0.1, 0.15) is 17.3 Å². The van der Waals surface area contributed by atoms with Crippen LogP contribution in [0.4, 0.5) is 5.69 Å². The lowest BCUT2D eigenvalue weighted by atomic mass is 10.1. The number of nitrogens with zero attached hydrogens (tertiary/aromatic N) is 1. The van der Waals surface area contributed by atoms with E-state index in [2.05, 4.69) is 15.9 Å². The van der Waals surface area contributed by atoms with Gasteiger partial charge in [-0.3, -0.25) is 14.9 Å². The molecule has 0 aliphatic heterocycles. The van der Waals surface area contributed by atoms with E-state index in [-0.39, 0.29) is 16.3 Å². The van der Waals surface area contributed by atoms with E-state index in [0.29, 0.717) is 5.56 Å². The van der Waals surface area contributed by atoms with E-state index in [4.69, 9.17) is 0 Å². The maximum atomic E-state index is 11.7. The molecule has 0 amide bonds. The lowest BCUT2D eigenvalue weighted by Crippen LogP contribution is -2.12. The number of halogens is 2. The maximum absolute atomic E-state index is 11.7. The molecule has 4 nitrogen and oxygen atoms in total. The SMILES string of the molecule is CC(Br)C(=O)c1cc([N+](=O)[O-])ccc1I. The predicted octanol–water partition coefficient (Wildman–Crippen LogP) is 3.17. The van der Waals surface area contributed by atoms with E-state index in [1.54, 1.807) is 13.0 Å². The summed E-state index contributed by atoms with van der Waals surface area (Å²) in [6.45, 7) is 1.69. The van der Waals surface area contributed by atoms with Gasteiger partial charge in [-0.25, -0.2) is 0 Å². The van der Waals surface area contributed by atoms with E-state index in [1.807, 2.05) is 22.6 Å². The van der Waals surface area contributed by atoms with Crippen LogP contribution in [0.3, 0.4) is 0 Å². The van der Waals surface area contributed by atoms with E-state index in [9.17, 15) is 14.9 Å². The minimum Gasteiger partial charge on any atom is -0.293 e. The topological polar surface area (TPSA) is 60.2 Å². The number of benzene rings is 1. The van der Waals surface area contributed by atoms with Gasteiger partial charge in [-0.1, -0.05) is 15.9 Å². The Balaban J connectivity index is 3.22. The molecule has 1 unspecified atom stereocenters. The minimum absolute atomic E-state index is 0.0630. The number of carbonyl (C=O) groups is 1. The number of hydrogen-bond donors (Lipinski definition) is 0. The Kier molecular flexibility index (Phi) is 4.21. The summed E-state index contributed by atoms with van der Waals surface area (Å²) in [5.41, 5.74) is 0.320. The first-order valence-electron chi connectivity index (χ1n) is 4.05. The van der Waals surface area contributed by atoms with Crippen LogP contribution in [0.15, 0.2) is 18.2 Å². The highest BCUT2D eigenvalue weighted by Gasteiger charge is 2.18. The Hall–Kier alpha value is -0.500. The third-order valence-electron chi connectivity index (χ3n) is 1.79. The summed E-state index contributed by atoms with van der Waals surface area (Å²) in [4.78, 5) is 21.4. The average molecular weight is 384 g/mol. The van der Waals surface area contributed by atoms with Crippen molar-refractivity contribution in [3.8, 4) is 0 Å². The molecule has 0 aliphatic rings. The van der Waals surface area contributed by atoms with Crippen molar-refractivity contribution >= 4 is 50.0 Å². The molecule has 1 aromatic rings. The zero-order chi connectivity index (χ0) is 11.6. The smallest absolute Gasteiger partial charge is 0.270 e. The molecule has 0 bridgehead atoms. The summed E-state index contributed by atoms with van der Waals surface area (Å²) in [6.07, 6.45) is 0. The van der Waals surface area contributed by atoms with Gasteiger partial charge in [0.05, 0.1) is 9.75 Å². The molecule has 1 rings (SSSR count). The van der Waals surface area contributed by atoms with Crippen molar-refractivity contribution in [1.29, 1.82) is 0 Å². The standard InChI is InChI=1S/C9H7BrINO3/c1-5(10)9(13)7-4-6(12(14)15)2-3-8(7)11/h2-5H,1H3. The maximum Gasteiger partial charge on any atom is 0.270 e. The first kappa shape index (κ1) is 12.6. The van der Waals surface area contributed by atoms with Crippen molar-refractivity contribution in [2.24, 2.45) is 0 Å². The van der Waals surface area contributed by atoms with Crippen LogP contribution >= 0.6 is 38.5 Å². The number of nitro groups is 1. The van der Waals surface area contributed by atoms with Crippen LogP contribution in [-0.2, 0) is 0 Å². The van der Waals surface area contributed by atoms with Gasteiger partial charge in [0.15, 0.2) is 5.78 Å². The van der Waals surface area contributed by atoms with Crippen LogP contribution in [0.5, 0.6) is 0 Å². The van der Waals surface area contributed by atoms with E-state index in [1.165, 1.54) is 12.1 Å². The molecule has 15 heavy (non-hydrogen) atoms. The summed E-state index contributed by atoms with van der Waals surface area (Å²) >= 11 is 5.13. The van der Waals surface area contributed by atoms with E-state index >= 15 is 0 Å². The third-order valence-corrected chi connectivity index (χ3v) is 3.14. The summed E-state index contributed by atoms with van der Waals surface area (Å²) in [5, 5.41) is 10.5. The number of hydrogen-bond acceptors (Lipinski definition) is 3. The molecule has 1 atom stereocenters. The van der Waals surface area contributed by atoms with Crippen molar-refractivity contribution in [2.45, 2.75) is 11.8 Å². The molecule has 0 radical (unpaired) electrons. The molecule has 6 heteroatoms. The normalized spacial score (nSPS) is 12.2. The van der Waals surface area contributed by atoms with Crippen molar-refractivity contribution in [1.82, 2.24) is 0 Å². The second-order valence-electron chi connectivity index (χ2n) is 2.90. The second-order valence-corrected chi connectivity index (χ2v) is 5.44. The van der Waals surface area contributed by atoms with Crippen molar-refractivity contribution in [2.75, 3.05) is 0 Å². The number of non-ortho nitro benzene ring substituents is 1. The first-order valence-corrected chi connectivity index (χ1v) is 6.05. The van der Waals surface area contributed by atoms with Gasteiger partial charge >= 0.3 is 0 Å². The molecular formula is C9H7BrINO3. The van der Waals surface area contributed by atoms with Gasteiger partial charge < -0.3 is 0 Å². The summed E-state index contributed by atoms with van der Waals surface area (Å²) in [7, 11) is 0. The second kappa shape index (κ2) is 5.02. The molecule has 0 fully saturated rings. The largest absolute Gasteiger partial charge is 0.293 e. The Morgan fingerprint density at radius 3 is 2.67 bits per heavy atom. The minimum atomic E-state index is -0.508. The van der Waals surface area contributed by atoms with E-state index < -0.39 is 4.92 Å². The molecular weight excluding hydrogens is 377 g/mol. The zero-order valence-electron chi connectivity index (χ0n) is 7.74. The third kappa shape index (κ3) is 2.97. The van der Waals surface area contributed by atoms with Gasteiger partial charge in [-0.05, 0) is 35.6 Å². The molecule has 0 aliphatic carbocycles. The van der Waals surface area contributed by atoms with Gasteiger partial charge in [0, 0.05) is 21.3 Å². The average Bonchev–Trinajstić information content (AvgIpc) is 2.16. The Labute approximate surface area is 108 Å². The van der Waals surface area contributed by atoms with Gasteiger partial charge in [-0.15, -0.1) is 0 Å². The summed E-state index contributed by atoms with van der Waals surface area (Å²) in [5.74, 6) is -0.150. The Morgan fingerprint density at radius 2 is 2.20 bits per heavy atom. The summed E-state index contributed by atoms with van der Waals surface area (Å²) in [6, 6.07) is 4.26. The van der Waals surface area contributed by atoms with Crippen LogP contribution in [0, 0.1) is 13.7 Å². The molecule has 0 N–H and O–H groups in total. The van der Waals surface area contributed by atoms with Gasteiger partial charge in [-0.2, -0.15) is 0 Å². The quantitative estimate of drug-likeness (QED) is 0.265. The lowest BCUT2D eigenvalue weighted by molar-refractivity contribution is -0.384. The number of carbonyl (C=O) groups excluding carboxylic acids is 1. The van der Waals surface area contributed by atoms with Crippen LogP contribution in [0.2, 0.25) is 0 Å². The van der Waals surface area contributed by atoms with Gasteiger partial charge in [0.2, 0.25) is 0 Å². The van der Waals surface area contributed by atoms with Gasteiger partial charge in [0.1, 0.15) is 0 Å². The van der Waals surface area contributed by atoms with Crippen LogP contribution < -0.4 is 0 Å². The van der Waals surface area contributed by atoms with Crippen LogP contribution in [-0.4, -0.2) is 15.5 Å². The molecule has 0 heterocycles. The van der Waals surface area contributed by atoms with Crippen molar-refractivity contribution in [3.05, 3.63) is 37.4 Å². The van der Waals surface area contributed by atoms with E-state index in [0.717, 1.165) is 3.57 Å². The molecule has 0 saturated heterocycles. The molecule has 1 aromatic carbocycles. The Morgan fingerprint density at radius 1 is 1.60 bits per heavy atom. The van der Waals surface area contributed by atoms with Crippen LogP contribution in [0.25, 0.3) is 0 Å².